The maximum absolute atomic E-state index is 12.2. The van der Waals surface area contributed by atoms with Crippen LogP contribution in [0.5, 0.6) is 0 Å². The van der Waals surface area contributed by atoms with Crippen molar-refractivity contribution in [1.29, 1.82) is 0 Å². The molecule has 0 saturated heterocycles. The third kappa shape index (κ3) is 27.4. The third-order valence-corrected chi connectivity index (χ3v) is 6.68. The average molecular weight is 544 g/mol. The molecule has 0 radical (unpaired) electrons. The molecule has 0 aliphatic rings. The molecule has 0 rings (SSSR count). The highest BCUT2D eigenvalue weighted by Gasteiger charge is 2.17. The van der Waals surface area contributed by atoms with Gasteiger partial charge in [0.15, 0.2) is 0 Å². The number of amides is 1. The number of aliphatic hydroxyl groups excluding tert-OH is 2. The Balaban J connectivity index is 3.78. The van der Waals surface area contributed by atoms with Crippen LogP contribution in [0.2, 0.25) is 0 Å². The number of aliphatic hydroxyl groups is 2. The molecule has 0 saturated carbocycles. The van der Waals surface area contributed by atoms with E-state index in [9.17, 15) is 15.0 Å². The minimum atomic E-state index is -0.874. The molecule has 2 unspecified atom stereocenters. The molecule has 0 spiro atoms. The molecule has 4 heteroatoms. The molecule has 0 aliphatic carbocycles. The fourth-order valence-corrected chi connectivity index (χ4v) is 4.18. The van der Waals surface area contributed by atoms with Gasteiger partial charge in [-0.15, -0.1) is 0 Å². The van der Waals surface area contributed by atoms with E-state index in [-0.39, 0.29) is 12.5 Å². The Morgan fingerprint density at radius 1 is 0.615 bits per heavy atom. The fourth-order valence-electron chi connectivity index (χ4n) is 4.18. The first-order valence-electron chi connectivity index (χ1n) is 16.0. The van der Waals surface area contributed by atoms with Crippen LogP contribution in [-0.4, -0.2) is 34.9 Å². The van der Waals surface area contributed by atoms with Crippen LogP contribution in [0, 0.1) is 0 Å². The molecule has 1 amide bonds. The summed E-state index contributed by atoms with van der Waals surface area (Å²) in [6.07, 6.45) is 41.5. The van der Waals surface area contributed by atoms with E-state index >= 15 is 0 Å². The summed E-state index contributed by atoms with van der Waals surface area (Å²) in [6, 6.07) is -0.651. The van der Waals surface area contributed by atoms with E-state index in [0.717, 1.165) is 64.2 Å². The maximum atomic E-state index is 12.2. The van der Waals surface area contributed by atoms with Crippen molar-refractivity contribution in [3.8, 4) is 0 Å². The van der Waals surface area contributed by atoms with Crippen LogP contribution in [0.15, 0.2) is 60.8 Å². The average Bonchev–Trinajstić information content (AvgIpc) is 2.94. The van der Waals surface area contributed by atoms with Gasteiger partial charge >= 0.3 is 0 Å². The highest BCUT2D eigenvalue weighted by atomic mass is 16.3. The SMILES string of the molecule is CCC/C=C/CC/C=C/CC/C=C/C(O)C(CO)NC(=O)CCCCCCC/C=C\C/C=C\CCCCCC. The Morgan fingerprint density at radius 2 is 1.13 bits per heavy atom. The zero-order chi connectivity index (χ0) is 28.7. The van der Waals surface area contributed by atoms with Gasteiger partial charge in [0, 0.05) is 6.42 Å². The van der Waals surface area contributed by atoms with E-state index in [4.69, 9.17) is 0 Å². The number of hydrogen-bond acceptors (Lipinski definition) is 3. The van der Waals surface area contributed by atoms with Crippen LogP contribution in [0.1, 0.15) is 136 Å². The second-order valence-electron chi connectivity index (χ2n) is 10.5. The number of carbonyl (C=O) groups excluding carboxylic acids is 1. The highest BCUT2D eigenvalue weighted by molar-refractivity contribution is 5.76. The monoisotopic (exact) mass is 543 g/mol. The van der Waals surface area contributed by atoms with Gasteiger partial charge in [-0.1, -0.05) is 120 Å². The first kappa shape index (κ1) is 37.1. The fraction of sp³-hybridized carbons (Fsp3) is 0.686. The molecule has 0 bridgehead atoms. The van der Waals surface area contributed by atoms with Gasteiger partial charge in [-0.05, 0) is 70.6 Å². The number of carbonyl (C=O) groups is 1. The molecule has 0 aliphatic heterocycles. The van der Waals surface area contributed by atoms with E-state index in [0.29, 0.717) is 6.42 Å². The summed E-state index contributed by atoms with van der Waals surface area (Å²) in [4.78, 5) is 12.2. The Bertz CT molecular complexity index is 677. The summed E-state index contributed by atoms with van der Waals surface area (Å²) < 4.78 is 0. The second kappa shape index (κ2) is 30.6. The van der Waals surface area contributed by atoms with E-state index in [1.165, 1.54) is 51.4 Å². The predicted molar refractivity (Wildman–Crippen MR) is 170 cm³/mol. The molecule has 3 N–H and O–H groups in total. The summed E-state index contributed by atoms with van der Waals surface area (Å²) in [6.45, 7) is 4.16. The molecule has 224 valence electrons. The molecule has 0 aromatic rings. The van der Waals surface area contributed by atoms with Crippen LogP contribution in [0.25, 0.3) is 0 Å². The largest absolute Gasteiger partial charge is 0.394 e. The Labute approximate surface area is 241 Å². The van der Waals surface area contributed by atoms with Gasteiger partial charge in [0.1, 0.15) is 0 Å². The summed E-state index contributed by atoms with van der Waals surface area (Å²) in [5.41, 5.74) is 0. The number of unbranched alkanes of at least 4 members (excludes halogenated alkanes) is 12. The minimum Gasteiger partial charge on any atom is -0.394 e. The highest BCUT2D eigenvalue weighted by Crippen LogP contribution is 2.09. The molecule has 2 atom stereocenters. The van der Waals surface area contributed by atoms with Crippen molar-refractivity contribution < 1.29 is 15.0 Å². The van der Waals surface area contributed by atoms with Gasteiger partial charge in [0.05, 0.1) is 18.8 Å². The van der Waals surface area contributed by atoms with Gasteiger partial charge in [-0.3, -0.25) is 4.79 Å². The summed E-state index contributed by atoms with van der Waals surface area (Å²) in [5, 5.41) is 22.7. The lowest BCUT2D eigenvalue weighted by Gasteiger charge is -2.19. The van der Waals surface area contributed by atoms with Crippen molar-refractivity contribution in [3.63, 3.8) is 0 Å². The summed E-state index contributed by atoms with van der Waals surface area (Å²) in [5.74, 6) is -0.0984. The van der Waals surface area contributed by atoms with Crippen molar-refractivity contribution in [2.24, 2.45) is 0 Å². The minimum absolute atomic E-state index is 0.0984. The first-order chi connectivity index (χ1) is 19.2. The Morgan fingerprint density at radius 3 is 1.72 bits per heavy atom. The molecule has 0 aromatic carbocycles. The number of allylic oxidation sites excluding steroid dienone is 9. The van der Waals surface area contributed by atoms with E-state index in [1.54, 1.807) is 6.08 Å². The molecule has 0 heterocycles. The smallest absolute Gasteiger partial charge is 0.220 e. The van der Waals surface area contributed by atoms with Gasteiger partial charge < -0.3 is 15.5 Å². The van der Waals surface area contributed by atoms with Gasteiger partial charge in [0.2, 0.25) is 5.91 Å². The first-order valence-corrected chi connectivity index (χ1v) is 16.0. The lowest BCUT2D eigenvalue weighted by Crippen LogP contribution is -2.45. The zero-order valence-electron chi connectivity index (χ0n) is 25.4. The maximum Gasteiger partial charge on any atom is 0.220 e. The third-order valence-electron chi connectivity index (χ3n) is 6.68. The van der Waals surface area contributed by atoms with Crippen LogP contribution in [0.4, 0.5) is 0 Å². The van der Waals surface area contributed by atoms with E-state index < -0.39 is 12.1 Å². The lowest BCUT2D eigenvalue weighted by atomic mass is 10.1. The van der Waals surface area contributed by atoms with Gasteiger partial charge in [-0.2, -0.15) is 0 Å². The number of rotatable bonds is 27. The van der Waals surface area contributed by atoms with Crippen molar-refractivity contribution >= 4 is 5.91 Å². The van der Waals surface area contributed by atoms with Crippen molar-refractivity contribution in [3.05, 3.63) is 60.8 Å². The zero-order valence-corrected chi connectivity index (χ0v) is 25.4. The second-order valence-corrected chi connectivity index (χ2v) is 10.5. The molecule has 0 aromatic heterocycles. The van der Waals surface area contributed by atoms with E-state index in [2.05, 4.69) is 67.8 Å². The normalized spacial score (nSPS) is 14.1. The Kier molecular flexibility index (Phi) is 29.1. The quantitative estimate of drug-likeness (QED) is 0.0715. The van der Waals surface area contributed by atoms with Crippen LogP contribution in [-0.2, 0) is 4.79 Å². The van der Waals surface area contributed by atoms with Crippen molar-refractivity contribution in [2.75, 3.05) is 6.61 Å². The Hall–Kier alpha value is -1.91. The van der Waals surface area contributed by atoms with Gasteiger partial charge in [0.25, 0.3) is 0 Å². The number of nitrogens with one attached hydrogen (secondary N) is 1. The molecular weight excluding hydrogens is 482 g/mol. The van der Waals surface area contributed by atoms with Crippen molar-refractivity contribution in [2.45, 2.75) is 148 Å². The molecular formula is C35H61NO3. The van der Waals surface area contributed by atoms with Gasteiger partial charge in [-0.25, -0.2) is 0 Å². The summed E-state index contributed by atoms with van der Waals surface area (Å²) >= 11 is 0. The van der Waals surface area contributed by atoms with Crippen LogP contribution in [0.3, 0.4) is 0 Å². The molecule has 4 nitrogen and oxygen atoms in total. The summed E-state index contributed by atoms with van der Waals surface area (Å²) in [7, 11) is 0. The van der Waals surface area contributed by atoms with Crippen LogP contribution >= 0.6 is 0 Å². The standard InChI is InChI=1S/C35H61NO3/c1-3-5-7-9-11-13-15-16-17-18-19-21-23-25-27-29-31-35(39)36-33(32-37)34(38)30-28-26-24-22-20-14-12-10-8-6-4-2/h8,10,13,15,17-18,20,22,28,30,33-34,37-38H,3-7,9,11-12,14,16,19,21,23-27,29,31-32H2,1-2H3,(H,36,39)/b10-8+,15-13-,18-17-,22-20+,30-28+. The van der Waals surface area contributed by atoms with Crippen LogP contribution < -0.4 is 5.32 Å². The number of hydrogen-bond donors (Lipinski definition) is 3. The van der Waals surface area contributed by atoms with Crippen molar-refractivity contribution in [1.82, 2.24) is 5.32 Å². The lowest BCUT2D eigenvalue weighted by molar-refractivity contribution is -0.123. The molecule has 39 heavy (non-hydrogen) atoms. The van der Waals surface area contributed by atoms with E-state index in [1.807, 2.05) is 6.08 Å². The topological polar surface area (TPSA) is 69.6 Å². The predicted octanol–water partition coefficient (Wildman–Crippen LogP) is 9.06. The molecule has 0 fully saturated rings.